The summed E-state index contributed by atoms with van der Waals surface area (Å²) >= 11 is 0. The van der Waals surface area contributed by atoms with Crippen molar-refractivity contribution in [3.63, 3.8) is 0 Å². The zero-order valence-electron chi connectivity index (χ0n) is 16.6. The van der Waals surface area contributed by atoms with E-state index in [1.165, 1.54) is 36.0 Å². The molecule has 3 aromatic rings. The molecule has 0 saturated heterocycles. The molecule has 1 aliphatic rings. The van der Waals surface area contributed by atoms with E-state index < -0.39 is 0 Å². The van der Waals surface area contributed by atoms with Crippen molar-refractivity contribution < 1.29 is 4.74 Å². The molecular weight excluding hydrogens is 360 g/mol. The van der Waals surface area contributed by atoms with E-state index >= 15 is 0 Å². The van der Waals surface area contributed by atoms with Crippen LogP contribution in [-0.2, 0) is 6.61 Å². The molecule has 4 rings (SSSR count). The lowest BCUT2D eigenvalue weighted by Gasteiger charge is -2.28. The molecule has 0 amide bonds. The van der Waals surface area contributed by atoms with Gasteiger partial charge in [0.1, 0.15) is 6.61 Å². The average Bonchev–Trinajstić information content (AvgIpc) is 2.71. The van der Waals surface area contributed by atoms with Crippen molar-refractivity contribution in [2.75, 3.05) is 11.1 Å². The molecule has 0 radical (unpaired) electrons. The van der Waals surface area contributed by atoms with Crippen LogP contribution in [0, 0.1) is 0 Å². The highest BCUT2D eigenvalue weighted by Crippen LogP contribution is 2.29. The summed E-state index contributed by atoms with van der Waals surface area (Å²) < 4.78 is 5.72. The molecule has 1 fully saturated rings. The van der Waals surface area contributed by atoms with Gasteiger partial charge in [-0.3, -0.25) is 0 Å². The molecule has 5 heteroatoms. The lowest BCUT2D eigenvalue weighted by Crippen LogP contribution is -2.27. The summed E-state index contributed by atoms with van der Waals surface area (Å²) in [7, 11) is 0. The maximum absolute atomic E-state index is 5.82. The predicted molar refractivity (Wildman–Crippen MR) is 118 cm³/mol. The van der Waals surface area contributed by atoms with Gasteiger partial charge in [0, 0.05) is 29.8 Å². The van der Waals surface area contributed by atoms with Crippen molar-refractivity contribution in [3.8, 4) is 6.01 Å². The van der Waals surface area contributed by atoms with E-state index in [0.29, 0.717) is 18.7 Å². The molecule has 29 heavy (non-hydrogen) atoms. The highest BCUT2D eigenvalue weighted by molar-refractivity contribution is 5.84. The van der Waals surface area contributed by atoms with Gasteiger partial charge in [-0.05, 0) is 78.8 Å². The summed E-state index contributed by atoms with van der Waals surface area (Å²) in [6.07, 6.45) is 9.32. The minimum atomic E-state index is 0.393. The Morgan fingerprint density at radius 2 is 1.90 bits per heavy atom. The van der Waals surface area contributed by atoms with E-state index in [1.54, 1.807) is 18.5 Å². The van der Waals surface area contributed by atoms with Crippen molar-refractivity contribution in [3.05, 3.63) is 77.6 Å². The monoisotopic (exact) mass is 386 g/mol. The Hall–Kier alpha value is -3.34. The lowest BCUT2D eigenvalue weighted by molar-refractivity contribution is 0.280. The molecule has 0 unspecified atom stereocenters. The molecule has 0 spiro atoms. The van der Waals surface area contributed by atoms with Gasteiger partial charge in [-0.25, -0.2) is 9.97 Å². The summed E-state index contributed by atoms with van der Waals surface area (Å²) in [5, 5.41) is 3.70. The zero-order valence-corrected chi connectivity index (χ0v) is 16.6. The molecule has 148 valence electrons. The van der Waals surface area contributed by atoms with Crippen LogP contribution in [0.15, 0.2) is 60.9 Å². The number of ether oxygens (including phenoxy) is 1. The number of anilines is 2. The summed E-state index contributed by atoms with van der Waals surface area (Å²) in [4.78, 5) is 8.23. The maximum Gasteiger partial charge on any atom is 0.316 e. The van der Waals surface area contributed by atoms with Gasteiger partial charge in [-0.2, -0.15) is 0 Å². The second kappa shape index (κ2) is 8.78. The number of aromatic nitrogens is 2. The van der Waals surface area contributed by atoms with Gasteiger partial charge in [0.25, 0.3) is 0 Å². The van der Waals surface area contributed by atoms with Gasteiger partial charge in [0.2, 0.25) is 0 Å². The topological polar surface area (TPSA) is 73.1 Å². The van der Waals surface area contributed by atoms with Crippen LogP contribution in [0.1, 0.15) is 42.9 Å². The Kier molecular flexibility index (Phi) is 5.75. The van der Waals surface area contributed by atoms with E-state index in [0.717, 1.165) is 16.9 Å². The van der Waals surface area contributed by atoms with Gasteiger partial charge in [0.15, 0.2) is 0 Å². The first-order valence-electron chi connectivity index (χ1n) is 10.0. The minimum Gasteiger partial charge on any atom is -0.459 e. The fourth-order valence-electron chi connectivity index (χ4n) is 3.29. The number of hydrogen-bond acceptors (Lipinski definition) is 5. The first-order valence-corrected chi connectivity index (χ1v) is 10.0. The lowest BCUT2D eigenvalue weighted by atomic mass is 9.92. The Bertz CT molecular complexity index is 980. The first kappa shape index (κ1) is 19.0. The van der Waals surface area contributed by atoms with Crippen molar-refractivity contribution >= 4 is 23.0 Å². The Balaban J connectivity index is 1.56. The first-order chi connectivity index (χ1) is 14.2. The Morgan fingerprint density at radius 1 is 1.14 bits per heavy atom. The van der Waals surface area contributed by atoms with E-state index in [4.69, 9.17) is 10.5 Å². The van der Waals surface area contributed by atoms with E-state index in [2.05, 4.69) is 58.6 Å². The summed E-state index contributed by atoms with van der Waals surface area (Å²) in [6, 6.07) is 17.1. The van der Waals surface area contributed by atoms with Crippen LogP contribution in [-0.4, -0.2) is 16.0 Å². The van der Waals surface area contributed by atoms with Gasteiger partial charge >= 0.3 is 6.01 Å². The van der Waals surface area contributed by atoms with Crippen molar-refractivity contribution in [2.45, 2.75) is 38.8 Å². The fourth-order valence-corrected chi connectivity index (χ4v) is 3.29. The fraction of sp³-hybridized carbons (Fsp3) is 0.250. The molecular formula is C24H26N4O. The summed E-state index contributed by atoms with van der Waals surface area (Å²) in [5.41, 5.74) is 12.4. The number of allylic oxidation sites excluding steroid dienone is 1. The second-order valence-electron chi connectivity index (χ2n) is 7.46. The van der Waals surface area contributed by atoms with Crippen LogP contribution in [0.4, 0.5) is 11.4 Å². The quantitative estimate of drug-likeness (QED) is 0.433. The van der Waals surface area contributed by atoms with Crippen LogP contribution in [0.3, 0.4) is 0 Å². The zero-order chi connectivity index (χ0) is 20.1. The second-order valence-corrected chi connectivity index (χ2v) is 7.46. The highest BCUT2D eigenvalue weighted by Gasteiger charge is 2.18. The molecule has 1 aromatic heterocycles. The van der Waals surface area contributed by atoms with E-state index in [1.807, 2.05) is 12.1 Å². The molecule has 1 aliphatic carbocycles. The van der Waals surface area contributed by atoms with Gasteiger partial charge in [-0.15, -0.1) is 0 Å². The number of nitrogens with one attached hydrogen (secondary N) is 1. The van der Waals surface area contributed by atoms with Crippen LogP contribution in [0.5, 0.6) is 6.01 Å². The van der Waals surface area contributed by atoms with Crippen molar-refractivity contribution in [1.29, 1.82) is 0 Å². The molecule has 0 atom stereocenters. The number of rotatable bonds is 7. The van der Waals surface area contributed by atoms with E-state index in [9.17, 15) is 0 Å². The Morgan fingerprint density at radius 3 is 2.59 bits per heavy atom. The van der Waals surface area contributed by atoms with Crippen LogP contribution in [0.2, 0.25) is 0 Å². The van der Waals surface area contributed by atoms with Gasteiger partial charge in [0.05, 0.1) is 0 Å². The van der Waals surface area contributed by atoms with E-state index in [-0.39, 0.29) is 0 Å². The van der Waals surface area contributed by atoms with Gasteiger partial charge in [-0.1, -0.05) is 24.3 Å². The summed E-state index contributed by atoms with van der Waals surface area (Å²) in [6.45, 7) is 2.56. The number of nitrogen functional groups attached to an aromatic ring is 1. The van der Waals surface area contributed by atoms with Crippen LogP contribution >= 0.6 is 0 Å². The number of hydrogen-bond donors (Lipinski definition) is 2. The minimum absolute atomic E-state index is 0.393. The standard InChI is InChI=1S/C24H26N4O/c1-17(19-8-10-21(25)11-9-19)14-20-7-6-18(15-23(20)28-22-4-2-5-22)16-29-24-26-12-3-13-27-24/h3,6-15,22,28H,2,4-5,16,25H2,1H3/b17-14+. The molecule has 0 bridgehead atoms. The van der Waals surface area contributed by atoms with Crippen LogP contribution in [0.25, 0.3) is 11.6 Å². The SMILES string of the molecule is C/C(=C\c1ccc(COc2ncccn2)cc1NC1CCC1)c1ccc(N)cc1. The third-order valence-corrected chi connectivity index (χ3v) is 5.23. The molecule has 1 saturated carbocycles. The predicted octanol–water partition coefficient (Wildman–Crippen LogP) is 5.16. The largest absolute Gasteiger partial charge is 0.459 e. The average molecular weight is 386 g/mol. The molecule has 1 heterocycles. The number of benzene rings is 2. The third-order valence-electron chi connectivity index (χ3n) is 5.23. The van der Waals surface area contributed by atoms with Crippen molar-refractivity contribution in [1.82, 2.24) is 9.97 Å². The number of nitrogens with zero attached hydrogens (tertiary/aromatic N) is 2. The van der Waals surface area contributed by atoms with Crippen LogP contribution < -0.4 is 15.8 Å². The smallest absolute Gasteiger partial charge is 0.316 e. The highest BCUT2D eigenvalue weighted by atomic mass is 16.5. The van der Waals surface area contributed by atoms with Crippen molar-refractivity contribution in [2.24, 2.45) is 0 Å². The molecule has 3 N–H and O–H groups in total. The Labute approximate surface area is 171 Å². The maximum atomic E-state index is 5.82. The third kappa shape index (κ3) is 4.93. The number of nitrogens with two attached hydrogens (primary N) is 1. The normalized spacial score (nSPS) is 14.3. The molecule has 5 nitrogen and oxygen atoms in total. The summed E-state index contributed by atoms with van der Waals surface area (Å²) in [5.74, 6) is 0. The molecule has 2 aromatic carbocycles. The van der Waals surface area contributed by atoms with Gasteiger partial charge < -0.3 is 15.8 Å². The molecule has 0 aliphatic heterocycles.